The molecule has 2 N–H and O–H groups in total. The molecule has 18 heavy (non-hydrogen) atoms. The summed E-state index contributed by atoms with van der Waals surface area (Å²) in [7, 11) is 0. The molecule has 1 aliphatic carbocycles. The van der Waals surface area contributed by atoms with Crippen molar-refractivity contribution in [3.05, 3.63) is 45.4 Å². The first kappa shape index (κ1) is 11.7. The van der Waals surface area contributed by atoms with Gasteiger partial charge in [-0.3, -0.25) is 0 Å². The Morgan fingerprint density at radius 3 is 3.17 bits per heavy atom. The van der Waals surface area contributed by atoms with Gasteiger partial charge >= 0.3 is 0 Å². The highest BCUT2D eigenvalue weighted by Crippen LogP contribution is 2.33. The number of nitrogens with one attached hydrogen (secondary N) is 1. The Kier molecular flexibility index (Phi) is 3.06. The maximum Gasteiger partial charge on any atom is 0.115 e. The minimum atomic E-state index is 0.368. The number of aromatic hydroxyl groups is 1. The third kappa shape index (κ3) is 2.13. The Balaban J connectivity index is 1.71. The first-order chi connectivity index (χ1) is 8.74. The summed E-state index contributed by atoms with van der Waals surface area (Å²) in [6.45, 7) is 2.93. The first-order valence-electron chi connectivity index (χ1n) is 6.18. The van der Waals surface area contributed by atoms with E-state index in [0.29, 0.717) is 11.8 Å². The average Bonchev–Trinajstić information content (AvgIpc) is 2.93. The molecule has 0 spiro atoms. The Bertz CT molecular complexity index is 565. The van der Waals surface area contributed by atoms with E-state index in [1.165, 1.54) is 16.0 Å². The predicted octanol–water partition coefficient (Wildman–Crippen LogP) is 2.93. The molecule has 2 aromatic rings. The predicted molar refractivity (Wildman–Crippen MR) is 72.9 cm³/mol. The number of aromatic nitrogens is 1. The molecule has 3 nitrogen and oxygen atoms in total. The molecule has 0 fully saturated rings. The number of thiazole rings is 1. The molecule has 1 atom stereocenters. The van der Waals surface area contributed by atoms with Crippen LogP contribution < -0.4 is 5.32 Å². The normalized spacial score (nSPS) is 17.9. The van der Waals surface area contributed by atoms with Gasteiger partial charge in [-0.15, -0.1) is 11.3 Å². The number of benzene rings is 1. The Hall–Kier alpha value is -1.39. The Morgan fingerprint density at radius 1 is 1.50 bits per heavy atom. The summed E-state index contributed by atoms with van der Waals surface area (Å²) in [5.74, 6) is 0.368. The summed E-state index contributed by atoms with van der Waals surface area (Å²) in [5.41, 5.74) is 5.62. The lowest BCUT2D eigenvalue weighted by molar-refractivity contribution is 0.474. The molecular weight excluding hydrogens is 244 g/mol. The lowest BCUT2D eigenvalue weighted by Crippen LogP contribution is -2.18. The molecule has 1 aromatic carbocycles. The van der Waals surface area contributed by atoms with Crippen molar-refractivity contribution >= 4 is 11.3 Å². The molecule has 0 saturated carbocycles. The number of hydrogen-bond acceptors (Lipinski definition) is 4. The number of rotatable bonds is 3. The van der Waals surface area contributed by atoms with Crippen LogP contribution in [0.3, 0.4) is 0 Å². The molecule has 1 aliphatic rings. The van der Waals surface area contributed by atoms with E-state index in [4.69, 9.17) is 0 Å². The molecule has 1 aromatic heterocycles. The molecule has 94 valence electrons. The maximum absolute atomic E-state index is 9.47. The number of aryl methyl sites for hydroxylation is 2. The molecule has 0 amide bonds. The summed E-state index contributed by atoms with van der Waals surface area (Å²) >= 11 is 1.70. The van der Waals surface area contributed by atoms with Crippen molar-refractivity contribution in [3.8, 4) is 5.75 Å². The van der Waals surface area contributed by atoms with Gasteiger partial charge in [0.25, 0.3) is 0 Å². The van der Waals surface area contributed by atoms with Crippen LogP contribution in [0.1, 0.15) is 34.2 Å². The van der Waals surface area contributed by atoms with Crippen molar-refractivity contribution in [3.63, 3.8) is 0 Å². The zero-order valence-corrected chi connectivity index (χ0v) is 11.1. The first-order valence-corrected chi connectivity index (χ1v) is 7.06. The molecule has 0 bridgehead atoms. The zero-order valence-electron chi connectivity index (χ0n) is 10.3. The summed E-state index contributed by atoms with van der Waals surface area (Å²) in [4.78, 5) is 5.57. The van der Waals surface area contributed by atoms with E-state index >= 15 is 0 Å². The van der Waals surface area contributed by atoms with Gasteiger partial charge in [0.05, 0.1) is 11.2 Å². The molecule has 3 rings (SSSR count). The van der Waals surface area contributed by atoms with E-state index < -0.39 is 0 Å². The topological polar surface area (TPSA) is 45.2 Å². The van der Waals surface area contributed by atoms with E-state index in [1.807, 2.05) is 24.6 Å². The van der Waals surface area contributed by atoms with Crippen LogP contribution in [0.25, 0.3) is 0 Å². The van der Waals surface area contributed by atoms with E-state index in [-0.39, 0.29) is 0 Å². The van der Waals surface area contributed by atoms with Crippen LogP contribution in [0.15, 0.2) is 23.7 Å². The Morgan fingerprint density at radius 2 is 2.39 bits per heavy atom. The highest BCUT2D eigenvalue weighted by molar-refractivity contribution is 7.09. The van der Waals surface area contributed by atoms with Gasteiger partial charge in [0.1, 0.15) is 5.75 Å². The lowest BCUT2D eigenvalue weighted by Gasteiger charge is -2.13. The quantitative estimate of drug-likeness (QED) is 0.892. The van der Waals surface area contributed by atoms with Gasteiger partial charge in [0.2, 0.25) is 0 Å². The Labute approximate surface area is 111 Å². The summed E-state index contributed by atoms with van der Waals surface area (Å²) in [5, 5.41) is 13.1. The fourth-order valence-electron chi connectivity index (χ4n) is 2.53. The van der Waals surface area contributed by atoms with Crippen LogP contribution in [-0.4, -0.2) is 10.1 Å². The van der Waals surface area contributed by atoms with Gasteiger partial charge in [-0.05, 0) is 43.0 Å². The molecule has 0 radical (unpaired) electrons. The lowest BCUT2D eigenvalue weighted by atomic mass is 10.1. The van der Waals surface area contributed by atoms with Crippen molar-refractivity contribution in [2.45, 2.75) is 32.4 Å². The SMILES string of the molecule is Cc1ncsc1CNC1CCc2cc(O)ccc21. The van der Waals surface area contributed by atoms with E-state index in [0.717, 1.165) is 25.1 Å². The van der Waals surface area contributed by atoms with E-state index in [9.17, 15) is 5.11 Å². The van der Waals surface area contributed by atoms with Gasteiger partial charge in [-0.25, -0.2) is 4.98 Å². The van der Waals surface area contributed by atoms with Gasteiger partial charge in [0.15, 0.2) is 0 Å². The van der Waals surface area contributed by atoms with E-state index in [2.05, 4.69) is 10.3 Å². The summed E-state index contributed by atoms with van der Waals surface area (Å²) in [6.07, 6.45) is 2.15. The molecule has 0 aliphatic heterocycles. The number of phenolic OH excluding ortho intramolecular Hbond substituents is 1. The second-order valence-corrected chi connectivity index (χ2v) is 5.66. The molecule has 1 heterocycles. The van der Waals surface area contributed by atoms with Crippen molar-refractivity contribution in [2.75, 3.05) is 0 Å². The zero-order chi connectivity index (χ0) is 12.5. The minimum absolute atomic E-state index is 0.368. The third-order valence-electron chi connectivity index (χ3n) is 3.56. The van der Waals surface area contributed by atoms with Crippen LogP contribution in [-0.2, 0) is 13.0 Å². The van der Waals surface area contributed by atoms with Crippen molar-refractivity contribution in [1.82, 2.24) is 10.3 Å². The number of nitrogens with zero attached hydrogens (tertiary/aromatic N) is 1. The highest BCUT2D eigenvalue weighted by atomic mass is 32.1. The van der Waals surface area contributed by atoms with Crippen LogP contribution in [0.2, 0.25) is 0 Å². The number of hydrogen-bond donors (Lipinski definition) is 2. The average molecular weight is 260 g/mol. The van der Waals surface area contributed by atoms with Gasteiger partial charge in [0, 0.05) is 17.5 Å². The van der Waals surface area contributed by atoms with Crippen LogP contribution in [0.4, 0.5) is 0 Å². The standard InChI is InChI=1S/C14H16N2OS/c1-9-14(18-8-16-9)7-15-13-5-2-10-6-11(17)3-4-12(10)13/h3-4,6,8,13,15,17H,2,5,7H2,1H3. The van der Waals surface area contributed by atoms with Gasteiger partial charge in [-0.1, -0.05) is 6.07 Å². The van der Waals surface area contributed by atoms with Crippen molar-refractivity contribution < 1.29 is 5.11 Å². The maximum atomic E-state index is 9.47. The molecule has 0 saturated heterocycles. The van der Waals surface area contributed by atoms with Crippen molar-refractivity contribution in [2.24, 2.45) is 0 Å². The van der Waals surface area contributed by atoms with Crippen molar-refractivity contribution in [1.29, 1.82) is 0 Å². The number of phenols is 1. The summed E-state index contributed by atoms with van der Waals surface area (Å²) < 4.78 is 0. The second kappa shape index (κ2) is 4.71. The monoisotopic (exact) mass is 260 g/mol. The fourth-order valence-corrected chi connectivity index (χ4v) is 3.26. The molecular formula is C14H16N2OS. The third-order valence-corrected chi connectivity index (χ3v) is 4.49. The van der Waals surface area contributed by atoms with Crippen LogP contribution >= 0.6 is 11.3 Å². The van der Waals surface area contributed by atoms with Crippen LogP contribution in [0, 0.1) is 6.92 Å². The fraction of sp³-hybridized carbons (Fsp3) is 0.357. The highest BCUT2D eigenvalue weighted by Gasteiger charge is 2.22. The largest absolute Gasteiger partial charge is 0.508 e. The number of fused-ring (bicyclic) bond motifs is 1. The molecule has 1 unspecified atom stereocenters. The van der Waals surface area contributed by atoms with Gasteiger partial charge < -0.3 is 10.4 Å². The van der Waals surface area contributed by atoms with Crippen LogP contribution in [0.5, 0.6) is 5.75 Å². The minimum Gasteiger partial charge on any atom is -0.508 e. The second-order valence-electron chi connectivity index (χ2n) is 4.72. The smallest absolute Gasteiger partial charge is 0.115 e. The van der Waals surface area contributed by atoms with E-state index in [1.54, 1.807) is 17.4 Å². The van der Waals surface area contributed by atoms with Gasteiger partial charge in [-0.2, -0.15) is 0 Å². The molecule has 4 heteroatoms. The summed E-state index contributed by atoms with van der Waals surface area (Å²) in [6, 6.07) is 6.10.